The topological polar surface area (TPSA) is 88.5 Å². The van der Waals surface area contributed by atoms with Crippen molar-refractivity contribution in [1.82, 2.24) is 14.2 Å². The summed E-state index contributed by atoms with van der Waals surface area (Å²) in [6, 6.07) is 2.49. The fourth-order valence-electron chi connectivity index (χ4n) is 2.88. The molecule has 1 rings (SSSR count). The molecule has 0 saturated carbocycles. The molecule has 7 nitrogen and oxygen atoms in total. The highest BCUT2D eigenvalue weighted by Crippen LogP contribution is 2.13. The van der Waals surface area contributed by atoms with Gasteiger partial charge in [0.2, 0.25) is 15.9 Å². The van der Waals surface area contributed by atoms with E-state index in [1.165, 1.54) is 22.6 Å². The van der Waals surface area contributed by atoms with Gasteiger partial charge in [-0.2, -0.15) is 4.31 Å². The van der Waals surface area contributed by atoms with Gasteiger partial charge in [0.1, 0.15) is 6.54 Å². The first-order chi connectivity index (χ1) is 12.6. The Bertz CT molecular complexity index is 767. The Morgan fingerprint density at radius 2 is 1.78 bits per heavy atom. The first-order valence-corrected chi connectivity index (χ1v) is 11.1. The summed E-state index contributed by atoms with van der Waals surface area (Å²) in [5, 5.41) is 2.87. The van der Waals surface area contributed by atoms with Crippen LogP contribution in [0.1, 0.15) is 53.9 Å². The first kappa shape index (κ1) is 23.4. The van der Waals surface area contributed by atoms with E-state index in [2.05, 4.69) is 19.2 Å². The predicted molar refractivity (Wildman–Crippen MR) is 107 cm³/mol. The molecule has 1 aromatic rings. The lowest BCUT2D eigenvalue weighted by Crippen LogP contribution is -2.38. The normalized spacial score (nSPS) is 13.1. The van der Waals surface area contributed by atoms with Crippen LogP contribution in [0.3, 0.4) is 0 Å². The van der Waals surface area contributed by atoms with E-state index in [4.69, 9.17) is 0 Å². The molecule has 0 radical (unpaired) electrons. The number of aromatic nitrogens is 1. The molecule has 27 heavy (non-hydrogen) atoms. The van der Waals surface area contributed by atoms with Crippen molar-refractivity contribution in [3.63, 3.8) is 0 Å². The van der Waals surface area contributed by atoms with Gasteiger partial charge < -0.3 is 9.88 Å². The first-order valence-electron chi connectivity index (χ1n) is 9.61. The largest absolute Gasteiger partial charge is 0.352 e. The van der Waals surface area contributed by atoms with Gasteiger partial charge in [-0.3, -0.25) is 9.59 Å². The number of pyridine rings is 1. The maximum Gasteiger partial charge on any atom is 0.251 e. The Morgan fingerprint density at radius 1 is 1.15 bits per heavy atom. The fraction of sp³-hybridized carbons (Fsp3) is 0.684. The molecule has 0 aliphatic rings. The van der Waals surface area contributed by atoms with Crippen LogP contribution in [0.5, 0.6) is 0 Å². The minimum absolute atomic E-state index is 0.00883. The highest BCUT2D eigenvalue weighted by molar-refractivity contribution is 7.89. The summed E-state index contributed by atoms with van der Waals surface area (Å²) < 4.78 is 27.7. The molecule has 0 bridgehead atoms. The van der Waals surface area contributed by atoms with E-state index < -0.39 is 15.6 Å². The van der Waals surface area contributed by atoms with Crippen molar-refractivity contribution in [3.05, 3.63) is 28.7 Å². The van der Waals surface area contributed by atoms with Crippen molar-refractivity contribution in [1.29, 1.82) is 0 Å². The summed E-state index contributed by atoms with van der Waals surface area (Å²) >= 11 is 0. The van der Waals surface area contributed by atoms with Crippen molar-refractivity contribution in [3.8, 4) is 0 Å². The van der Waals surface area contributed by atoms with Crippen LogP contribution >= 0.6 is 0 Å². The number of nitrogens with zero attached hydrogens (tertiary/aromatic N) is 2. The maximum absolute atomic E-state index is 12.6. The second kappa shape index (κ2) is 10.6. The third kappa shape index (κ3) is 7.10. The molecule has 1 N–H and O–H groups in total. The Morgan fingerprint density at radius 3 is 2.33 bits per heavy atom. The van der Waals surface area contributed by atoms with Gasteiger partial charge in [0.25, 0.3) is 5.56 Å². The number of hydrogen-bond acceptors (Lipinski definition) is 4. The van der Waals surface area contributed by atoms with Crippen LogP contribution in [0.2, 0.25) is 0 Å². The molecular weight excluding hydrogens is 366 g/mol. The zero-order valence-electron chi connectivity index (χ0n) is 17.1. The lowest BCUT2D eigenvalue weighted by Gasteiger charge is -2.19. The van der Waals surface area contributed by atoms with E-state index in [0.29, 0.717) is 19.0 Å². The molecule has 0 aliphatic carbocycles. The molecule has 1 unspecified atom stereocenters. The number of hydrogen-bond donors (Lipinski definition) is 1. The molecule has 0 aliphatic heterocycles. The second-order valence-corrected chi connectivity index (χ2v) is 9.15. The molecule has 1 amide bonds. The maximum atomic E-state index is 12.6. The van der Waals surface area contributed by atoms with Crippen molar-refractivity contribution >= 4 is 15.9 Å². The summed E-state index contributed by atoms with van der Waals surface area (Å²) in [4.78, 5) is 24.3. The smallest absolute Gasteiger partial charge is 0.251 e. The number of amides is 1. The quantitative estimate of drug-likeness (QED) is 0.618. The van der Waals surface area contributed by atoms with E-state index in [1.807, 2.05) is 6.92 Å². The highest BCUT2D eigenvalue weighted by Gasteiger charge is 2.22. The number of sulfonamides is 1. The minimum Gasteiger partial charge on any atom is -0.352 e. The molecule has 1 heterocycles. The van der Waals surface area contributed by atoms with E-state index in [-0.39, 0.29) is 23.4 Å². The molecule has 0 spiro atoms. The Kier molecular flexibility index (Phi) is 9.18. The van der Waals surface area contributed by atoms with E-state index in [0.717, 1.165) is 23.8 Å². The lowest BCUT2D eigenvalue weighted by atomic mass is 10.0. The fourth-order valence-corrected chi connectivity index (χ4v) is 4.36. The SMILES string of the molecule is CCN(CC)S(=O)(=O)c1ccc(=O)n(CC(=O)NC(C)CCCC(C)C)c1. The molecule has 8 heteroatoms. The van der Waals surface area contributed by atoms with Gasteiger partial charge in [0, 0.05) is 31.4 Å². The van der Waals surface area contributed by atoms with Crippen molar-refractivity contribution in [2.75, 3.05) is 13.1 Å². The standard InChI is InChI=1S/C19H33N3O4S/c1-6-22(7-2)27(25,26)17-11-12-19(24)21(13-17)14-18(23)20-16(5)10-8-9-15(3)4/h11-13,15-16H,6-10,14H2,1-5H3,(H,20,23). The van der Waals surface area contributed by atoms with Crippen LogP contribution in [0.25, 0.3) is 0 Å². The van der Waals surface area contributed by atoms with Gasteiger partial charge in [0.15, 0.2) is 0 Å². The van der Waals surface area contributed by atoms with E-state index in [1.54, 1.807) is 13.8 Å². The average Bonchev–Trinajstić information content (AvgIpc) is 2.57. The summed E-state index contributed by atoms with van der Waals surface area (Å²) in [5.74, 6) is 0.327. The summed E-state index contributed by atoms with van der Waals surface area (Å²) in [6.07, 6.45) is 4.25. The Hall–Kier alpha value is -1.67. The van der Waals surface area contributed by atoms with E-state index in [9.17, 15) is 18.0 Å². The van der Waals surface area contributed by atoms with Gasteiger partial charge in [0.05, 0.1) is 4.90 Å². The predicted octanol–water partition coefficient (Wildman–Crippen LogP) is 2.21. The Balaban J connectivity index is 2.83. The van der Waals surface area contributed by atoms with Crippen molar-refractivity contribution < 1.29 is 13.2 Å². The van der Waals surface area contributed by atoms with Crippen molar-refractivity contribution in [2.45, 2.75) is 71.4 Å². The zero-order valence-corrected chi connectivity index (χ0v) is 17.9. The Labute approximate surface area is 162 Å². The molecular formula is C19H33N3O4S. The number of carbonyl (C=O) groups excluding carboxylic acids is 1. The number of rotatable bonds is 11. The van der Waals surface area contributed by atoms with Gasteiger partial charge in [-0.15, -0.1) is 0 Å². The highest BCUT2D eigenvalue weighted by atomic mass is 32.2. The van der Waals surface area contributed by atoms with Crippen LogP contribution in [0, 0.1) is 5.92 Å². The van der Waals surface area contributed by atoms with Crippen LogP contribution in [-0.2, 0) is 21.4 Å². The summed E-state index contributed by atoms with van der Waals surface area (Å²) in [5.41, 5.74) is -0.406. The molecule has 1 atom stereocenters. The number of nitrogens with one attached hydrogen (secondary N) is 1. The van der Waals surface area contributed by atoms with E-state index >= 15 is 0 Å². The molecule has 0 saturated heterocycles. The van der Waals surface area contributed by atoms with Crippen LogP contribution < -0.4 is 10.9 Å². The van der Waals surface area contributed by atoms with Gasteiger partial charge in [-0.05, 0) is 25.3 Å². The summed E-state index contributed by atoms with van der Waals surface area (Å²) in [7, 11) is -3.68. The molecule has 1 aromatic heterocycles. The molecule has 0 aromatic carbocycles. The zero-order chi connectivity index (χ0) is 20.6. The minimum atomic E-state index is -3.68. The monoisotopic (exact) mass is 399 g/mol. The van der Waals surface area contributed by atoms with Crippen LogP contribution in [0.15, 0.2) is 28.0 Å². The third-order valence-corrected chi connectivity index (χ3v) is 6.47. The van der Waals surface area contributed by atoms with Crippen molar-refractivity contribution in [2.24, 2.45) is 5.92 Å². The molecule has 154 valence electrons. The number of carbonyl (C=O) groups is 1. The van der Waals surface area contributed by atoms with Crippen LogP contribution in [0.4, 0.5) is 0 Å². The molecule has 0 fully saturated rings. The summed E-state index contributed by atoms with van der Waals surface area (Å²) in [6.45, 7) is 10.2. The lowest BCUT2D eigenvalue weighted by molar-refractivity contribution is -0.122. The third-order valence-electron chi connectivity index (χ3n) is 4.44. The van der Waals surface area contributed by atoms with Gasteiger partial charge in [-0.1, -0.05) is 40.5 Å². The van der Waals surface area contributed by atoms with Gasteiger partial charge >= 0.3 is 0 Å². The van der Waals surface area contributed by atoms with Crippen LogP contribution in [-0.4, -0.2) is 42.3 Å². The second-order valence-electron chi connectivity index (χ2n) is 7.21. The van der Waals surface area contributed by atoms with Gasteiger partial charge in [-0.25, -0.2) is 8.42 Å². The average molecular weight is 400 g/mol.